The van der Waals surface area contributed by atoms with E-state index in [1.54, 1.807) is 20.8 Å². The SMILES string of the molecule is C=CC[C@H](N)C(=O)N1CCC[C@H]1C(=O)N[C@@H](CCC(C)(C)O)C(=O)N[C@@H](CCCN=C(N)N)C(=O)N[C@@H](CC)C(=O)O. The van der Waals surface area contributed by atoms with Gasteiger partial charge in [-0.25, -0.2) is 4.79 Å². The fraction of sp³-hybridized carbons (Fsp3) is 0.704. The van der Waals surface area contributed by atoms with E-state index in [9.17, 15) is 34.2 Å². The van der Waals surface area contributed by atoms with Gasteiger partial charge in [0.1, 0.15) is 24.2 Å². The van der Waals surface area contributed by atoms with Crippen molar-refractivity contribution in [2.24, 2.45) is 22.2 Å². The van der Waals surface area contributed by atoms with Crippen LogP contribution in [0.3, 0.4) is 0 Å². The van der Waals surface area contributed by atoms with Crippen LogP contribution in [-0.4, -0.2) is 99.6 Å². The first-order valence-electron chi connectivity index (χ1n) is 14.2. The van der Waals surface area contributed by atoms with Gasteiger partial charge in [-0.1, -0.05) is 13.0 Å². The number of carboxylic acids is 1. The molecule has 1 heterocycles. The van der Waals surface area contributed by atoms with Gasteiger partial charge in [0, 0.05) is 13.1 Å². The van der Waals surface area contributed by atoms with Crippen molar-refractivity contribution < 1.29 is 34.2 Å². The third-order valence-corrected chi connectivity index (χ3v) is 6.86. The third-order valence-electron chi connectivity index (χ3n) is 6.86. The van der Waals surface area contributed by atoms with Crippen molar-refractivity contribution in [1.82, 2.24) is 20.9 Å². The van der Waals surface area contributed by atoms with E-state index in [1.807, 2.05) is 0 Å². The van der Waals surface area contributed by atoms with Gasteiger partial charge in [0.15, 0.2) is 5.96 Å². The third kappa shape index (κ3) is 12.4. The second-order valence-electron chi connectivity index (χ2n) is 11.1. The highest BCUT2D eigenvalue weighted by Crippen LogP contribution is 2.20. The van der Waals surface area contributed by atoms with Crippen molar-refractivity contribution in [2.45, 2.75) is 108 Å². The van der Waals surface area contributed by atoms with E-state index in [0.717, 1.165) is 0 Å². The Bertz CT molecular complexity index is 993. The fourth-order valence-electron chi connectivity index (χ4n) is 4.49. The maximum absolute atomic E-state index is 13.5. The van der Waals surface area contributed by atoms with Crippen LogP contribution in [0, 0.1) is 0 Å². The van der Waals surface area contributed by atoms with E-state index < -0.39 is 65.4 Å². The Labute approximate surface area is 246 Å². The summed E-state index contributed by atoms with van der Waals surface area (Å²) in [5.41, 5.74) is 15.5. The Kier molecular flexibility index (Phi) is 14.9. The first kappa shape index (κ1) is 36.3. The molecular weight excluding hydrogens is 548 g/mol. The molecular formula is C27H48N8O7. The summed E-state index contributed by atoms with van der Waals surface area (Å²) in [6.45, 7) is 8.79. The summed E-state index contributed by atoms with van der Waals surface area (Å²) in [5, 5.41) is 27.4. The molecule has 0 spiro atoms. The zero-order chi connectivity index (χ0) is 32.0. The molecule has 1 rings (SSSR count). The molecule has 15 heteroatoms. The van der Waals surface area contributed by atoms with Crippen LogP contribution in [0.1, 0.15) is 72.1 Å². The topological polar surface area (TPSA) is 256 Å². The Balaban J connectivity index is 3.15. The number of nitrogens with two attached hydrogens (primary N) is 3. The summed E-state index contributed by atoms with van der Waals surface area (Å²) in [7, 11) is 0. The number of aliphatic hydroxyl groups is 1. The lowest BCUT2D eigenvalue weighted by Gasteiger charge is -2.29. The minimum atomic E-state index is -1.23. The van der Waals surface area contributed by atoms with E-state index in [1.165, 1.54) is 11.0 Å². The summed E-state index contributed by atoms with van der Waals surface area (Å²) in [6, 6.07) is -5.19. The summed E-state index contributed by atoms with van der Waals surface area (Å²) >= 11 is 0. The maximum Gasteiger partial charge on any atom is 0.326 e. The quantitative estimate of drug-likeness (QED) is 0.0390. The largest absolute Gasteiger partial charge is 0.480 e. The Morgan fingerprint density at radius 3 is 2.19 bits per heavy atom. The highest BCUT2D eigenvalue weighted by molar-refractivity contribution is 5.95. The van der Waals surface area contributed by atoms with Crippen LogP contribution in [0.15, 0.2) is 17.6 Å². The number of carboxylic acid groups (broad SMARTS) is 1. The molecule has 0 bridgehead atoms. The highest BCUT2D eigenvalue weighted by atomic mass is 16.4. The van der Waals surface area contributed by atoms with Gasteiger partial charge in [0.05, 0.1) is 11.6 Å². The summed E-state index contributed by atoms with van der Waals surface area (Å²) in [4.78, 5) is 69.4. The number of guanidine groups is 1. The molecule has 1 aliphatic rings. The van der Waals surface area contributed by atoms with E-state index >= 15 is 0 Å². The molecule has 4 amide bonds. The van der Waals surface area contributed by atoms with Gasteiger partial charge in [-0.05, 0) is 65.2 Å². The molecule has 0 aliphatic carbocycles. The zero-order valence-electron chi connectivity index (χ0n) is 24.8. The zero-order valence-corrected chi connectivity index (χ0v) is 24.8. The second kappa shape index (κ2) is 17.3. The summed E-state index contributed by atoms with van der Waals surface area (Å²) in [5.74, 6) is -3.76. The van der Waals surface area contributed by atoms with Crippen molar-refractivity contribution in [3.63, 3.8) is 0 Å². The monoisotopic (exact) mass is 596 g/mol. The summed E-state index contributed by atoms with van der Waals surface area (Å²) < 4.78 is 0. The van der Waals surface area contributed by atoms with E-state index in [2.05, 4.69) is 27.5 Å². The number of rotatable bonds is 18. The Morgan fingerprint density at radius 1 is 1.07 bits per heavy atom. The van der Waals surface area contributed by atoms with Crippen LogP contribution in [0.25, 0.3) is 0 Å². The van der Waals surface area contributed by atoms with Crippen molar-refractivity contribution in [3.05, 3.63) is 12.7 Å². The molecule has 1 aliphatic heterocycles. The number of aliphatic carboxylic acids is 1. The number of likely N-dealkylation sites (tertiary alicyclic amines) is 1. The minimum Gasteiger partial charge on any atom is -0.480 e. The van der Waals surface area contributed by atoms with Crippen LogP contribution in [-0.2, 0) is 24.0 Å². The molecule has 0 aromatic rings. The number of amides is 4. The molecule has 42 heavy (non-hydrogen) atoms. The number of nitrogens with zero attached hydrogens (tertiary/aromatic N) is 2. The van der Waals surface area contributed by atoms with E-state index in [-0.39, 0.29) is 51.0 Å². The van der Waals surface area contributed by atoms with Crippen molar-refractivity contribution >= 4 is 35.6 Å². The predicted octanol–water partition coefficient (Wildman–Crippen LogP) is -1.57. The molecule has 0 aromatic heterocycles. The number of hydrogen-bond donors (Lipinski definition) is 8. The number of carbonyl (C=O) groups is 5. The summed E-state index contributed by atoms with van der Waals surface area (Å²) in [6.07, 6.45) is 3.34. The fourth-order valence-corrected chi connectivity index (χ4v) is 4.49. The molecule has 0 unspecified atom stereocenters. The lowest BCUT2D eigenvalue weighted by molar-refractivity contribution is -0.142. The number of nitrogens with one attached hydrogen (secondary N) is 3. The van der Waals surface area contributed by atoms with E-state index in [0.29, 0.717) is 19.4 Å². The Morgan fingerprint density at radius 2 is 1.67 bits per heavy atom. The molecule has 1 fully saturated rings. The second-order valence-corrected chi connectivity index (χ2v) is 11.1. The van der Waals surface area contributed by atoms with Gasteiger partial charge in [-0.2, -0.15) is 0 Å². The number of carbonyl (C=O) groups excluding carboxylic acids is 4. The van der Waals surface area contributed by atoms with Gasteiger partial charge in [-0.15, -0.1) is 6.58 Å². The highest BCUT2D eigenvalue weighted by Gasteiger charge is 2.38. The minimum absolute atomic E-state index is 0.0206. The Hall–Kier alpha value is -3.72. The first-order chi connectivity index (χ1) is 19.6. The predicted molar refractivity (Wildman–Crippen MR) is 157 cm³/mol. The average Bonchev–Trinajstić information content (AvgIpc) is 3.39. The van der Waals surface area contributed by atoms with Gasteiger partial charge in [-0.3, -0.25) is 24.2 Å². The van der Waals surface area contributed by atoms with Gasteiger partial charge < -0.3 is 48.3 Å². The molecule has 11 N–H and O–H groups in total. The van der Waals surface area contributed by atoms with Crippen LogP contribution in [0.5, 0.6) is 0 Å². The first-order valence-corrected chi connectivity index (χ1v) is 14.2. The smallest absolute Gasteiger partial charge is 0.326 e. The number of hydrogen-bond acceptors (Lipinski definition) is 8. The normalized spacial score (nSPS) is 17.7. The van der Waals surface area contributed by atoms with Crippen LogP contribution >= 0.6 is 0 Å². The average molecular weight is 597 g/mol. The lowest BCUT2D eigenvalue weighted by Crippen LogP contribution is -2.58. The van der Waals surface area contributed by atoms with Crippen LogP contribution < -0.4 is 33.2 Å². The van der Waals surface area contributed by atoms with E-state index in [4.69, 9.17) is 17.2 Å². The molecule has 238 valence electrons. The molecule has 0 saturated carbocycles. The van der Waals surface area contributed by atoms with Crippen LogP contribution in [0.4, 0.5) is 0 Å². The molecule has 1 saturated heterocycles. The van der Waals surface area contributed by atoms with Gasteiger partial charge >= 0.3 is 5.97 Å². The molecule has 5 atom stereocenters. The standard InChI is InChI=1S/C27H48N8O7/c1-5-9-16(28)24(39)35-15-8-11-20(35)23(38)34-19(12-13-27(3,4)42)22(37)33-18(10-7-14-31-26(29)30)21(36)32-17(6-2)25(40)41/h5,16-20,42H,1,6-15,28H2,2-4H3,(H,32,36)(H,33,37)(H,34,38)(H,40,41)(H4,29,30,31)/t16-,17-,18-,19-,20-/m0/s1. The molecule has 0 aromatic carbocycles. The molecule has 0 radical (unpaired) electrons. The van der Waals surface area contributed by atoms with Crippen molar-refractivity contribution in [3.8, 4) is 0 Å². The van der Waals surface area contributed by atoms with Crippen LogP contribution in [0.2, 0.25) is 0 Å². The van der Waals surface area contributed by atoms with Gasteiger partial charge in [0.2, 0.25) is 23.6 Å². The van der Waals surface area contributed by atoms with Crippen molar-refractivity contribution in [2.75, 3.05) is 13.1 Å². The lowest BCUT2D eigenvalue weighted by atomic mass is 9.98. The van der Waals surface area contributed by atoms with Crippen molar-refractivity contribution in [1.29, 1.82) is 0 Å². The van der Waals surface area contributed by atoms with Gasteiger partial charge in [0.25, 0.3) is 0 Å². The number of aliphatic imine (C=N–C) groups is 1. The maximum atomic E-state index is 13.5. The molecule has 15 nitrogen and oxygen atoms in total.